The molecule has 156 valence electrons. The fourth-order valence-corrected chi connectivity index (χ4v) is 3.05. The van der Waals surface area contributed by atoms with Gasteiger partial charge >= 0.3 is 0 Å². The topological polar surface area (TPSA) is 66.0 Å². The van der Waals surface area contributed by atoms with Gasteiger partial charge in [-0.3, -0.25) is 4.79 Å². The minimum Gasteiger partial charge on any atom is -0.496 e. The predicted octanol–water partition coefficient (Wildman–Crippen LogP) is 4.22. The predicted molar refractivity (Wildman–Crippen MR) is 114 cm³/mol. The van der Waals surface area contributed by atoms with Gasteiger partial charge in [0.25, 0.3) is 5.91 Å². The van der Waals surface area contributed by atoms with Gasteiger partial charge in [-0.15, -0.1) is 0 Å². The Hall–Kier alpha value is -3.67. The van der Waals surface area contributed by atoms with Crippen molar-refractivity contribution >= 4 is 5.91 Å². The van der Waals surface area contributed by atoms with Gasteiger partial charge in [-0.1, -0.05) is 30.3 Å². The molecule has 0 aliphatic rings. The summed E-state index contributed by atoms with van der Waals surface area (Å²) in [5, 5.41) is 2.93. The molecule has 1 amide bonds. The van der Waals surface area contributed by atoms with E-state index in [-0.39, 0.29) is 12.5 Å². The van der Waals surface area contributed by atoms with Crippen molar-refractivity contribution in [1.82, 2.24) is 5.32 Å². The maximum absolute atomic E-state index is 12.7. The molecule has 0 aliphatic carbocycles. The van der Waals surface area contributed by atoms with Gasteiger partial charge in [-0.2, -0.15) is 0 Å². The number of carbonyl (C=O) groups is 1. The number of benzene rings is 3. The summed E-state index contributed by atoms with van der Waals surface area (Å²) in [7, 11) is 4.79. The zero-order chi connectivity index (χ0) is 21.3. The highest BCUT2D eigenvalue weighted by Crippen LogP contribution is 2.28. The van der Waals surface area contributed by atoms with E-state index >= 15 is 0 Å². The highest BCUT2D eigenvalue weighted by molar-refractivity contribution is 5.94. The molecule has 3 aromatic rings. The van der Waals surface area contributed by atoms with Crippen LogP contribution < -0.4 is 24.3 Å². The van der Waals surface area contributed by atoms with E-state index < -0.39 is 0 Å². The fourth-order valence-electron chi connectivity index (χ4n) is 3.05. The quantitative estimate of drug-likeness (QED) is 0.575. The molecule has 0 aromatic heterocycles. The second-order valence-corrected chi connectivity index (χ2v) is 6.46. The molecule has 0 saturated heterocycles. The van der Waals surface area contributed by atoms with Gasteiger partial charge in [-0.05, 0) is 36.4 Å². The molecule has 1 N–H and O–H groups in total. The van der Waals surface area contributed by atoms with Crippen LogP contribution in [-0.2, 0) is 13.2 Å². The third kappa shape index (κ3) is 5.03. The number of rotatable bonds is 9. The van der Waals surface area contributed by atoms with E-state index in [1.165, 1.54) is 0 Å². The van der Waals surface area contributed by atoms with Gasteiger partial charge in [0.2, 0.25) is 0 Å². The molecule has 0 aliphatic heterocycles. The van der Waals surface area contributed by atoms with Crippen LogP contribution in [0.15, 0.2) is 66.7 Å². The Morgan fingerprint density at radius 1 is 0.733 bits per heavy atom. The van der Waals surface area contributed by atoms with Crippen molar-refractivity contribution < 1.29 is 23.7 Å². The first-order valence-electron chi connectivity index (χ1n) is 9.49. The maximum Gasteiger partial charge on any atom is 0.251 e. The molecular weight excluding hydrogens is 382 g/mol. The van der Waals surface area contributed by atoms with E-state index in [4.69, 9.17) is 18.9 Å². The second kappa shape index (κ2) is 10.2. The number of para-hydroxylation sites is 3. The second-order valence-electron chi connectivity index (χ2n) is 6.46. The van der Waals surface area contributed by atoms with Crippen LogP contribution in [0.4, 0.5) is 0 Å². The number of nitrogens with one attached hydrogen (secondary N) is 1. The fraction of sp³-hybridized carbons (Fsp3) is 0.208. The Kier molecular flexibility index (Phi) is 7.16. The van der Waals surface area contributed by atoms with Gasteiger partial charge in [0.05, 0.1) is 21.3 Å². The Morgan fingerprint density at radius 3 is 2.03 bits per heavy atom. The van der Waals surface area contributed by atoms with Crippen molar-refractivity contribution in [3.05, 3.63) is 83.4 Å². The summed E-state index contributed by atoms with van der Waals surface area (Å²) in [6.07, 6.45) is 0. The van der Waals surface area contributed by atoms with Gasteiger partial charge in [-0.25, -0.2) is 0 Å². The molecule has 0 atom stereocenters. The van der Waals surface area contributed by atoms with Crippen LogP contribution in [0.1, 0.15) is 21.5 Å². The summed E-state index contributed by atoms with van der Waals surface area (Å²) in [6.45, 7) is 0.596. The smallest absolute Gasteiger partial charge is 0.251 e. The van der Waals surface area contributed by atoms with Crippen molar-refractivity contribution in [2.24, 2.45) is 0 Å². The zero-order valence-corrected chi connectivity index (χ0v) is 17.3. The molecule has 6 nitrogen and oxygen atoms in total. The summed E-state index contributed by atoms with van der Waals surface area (Å²) in [4.78, 5) is 12.7. The van der Waals surface area contributed by atoms with Crippen molar-refractivity contribution in [1.29, 1.82) is 0 Å². The van der Waals surface area contributed by atoms with E-state index in [9.17, 15) is 4.79 Å². The number of amides is 1. The van der Waals surface area contributed by atoms with Crippen LogP contribution in [0.3, 0.4) is 0 Å². The zero-order valence-electron chi connectivity index (χ0n) is 17.3. The molecular formula is C24H25NO5. The highest BCUT2D eigenvalue weighted by atomic mass is 16.5. The SMILES string of the molecule is COc1ccccc1CNC(=O)c1ccc(OC)c(COc2ccccc2OC)c1. The monoisotopic (exact) mass is 407 g/mol. The van der Waals surface area contributed by atoms with Crippen LogP contribution in [-0.4, -0.2) is 27.2 Å². The average molecular weight is 407 g/mol. The molecule has 0 radical (unpaired) electrons. The van der Waals surface area contributed by atoms with Crippen LogP contribution in [0.5, 0.6) is 23.0 Å². The Balaban J connectivity index is 1.72. The van der Waals surface area contributed by atoms with Crippen LogP contribution in [0.25, 0.3) is 0 Å². The molecule has 3 aromatic carbocycles. The largest absolute Gasteiger partial charge is 0.496 e. The standard InChI is InChI=1S/C24H25NO5/c1-27-20-9-5-4-8-18(20)15-25-24(26)17-12-13-21(28-2)19(14-17)16-30-23-11-7-6-10-22(23)29-3/h4-14H,15-16H2,1-3H3,(H,25,26). The van der Waals surface area contributed by atoms with Crippen molar-refractivity contribution in [3.8, 4) is 23.0 Å². The first-order chi connectivity index (χ1) is 14.7. The number of hydrogen-bond donors (Lipinski definition) is 1. The van der Waals surface area contributed by atoms with E-state index in [1.807, 2.05) is 48.5 Å². The molecule has 6 heteroatoms. The number of methoxy groups -OCH3 is 3. The summed E-state index contributed by atoms with van der Waals surface area (Å²) in [5.74, 6) is 2.45. The third-order valence-corrected chi connectivity index (χ3v) is 4.63. The van der Waals surface area contributed by atoms with Crippen molar-refractivity contribution in [2.75, 3.05) is 21.3 Å². The molecule has 0 spiro atoms. The average Bonchev–Trinajstić information content (AvgIpc) is 2.81. The summed E-state index contributed by atoms with van der Waals surface area (Å²) in [5.41, 5.74) is 2.18. The maximum atomic E-state index is 12.7. The molecule has 0 saturated carbocycles. The Bertz CT molecular complexity index is 1000. The molecule has 3 rings (SSSR count). The lowest BCUT2D eigenvalue weighted by atomic mass is 10.1. The van der Waals surface area contributed by atoms with Crippen molar-refractivity contribution in [3.63, 3.8) is 0 Å². The summed E-state index contributed by atoms with van der Waals surface area (Å²) in [6, 6.07) is 20.2. The first kappa shape index (κ1) is 21.0. The van der Waals surface area contributed by atoms with Gasteiger partial charge in [0.1, 0.15) is 18.1 Å². The molecule has 0 bridgehead atoms. The minimum atomic E-state index is -0.192. The molecule has 30 heavy (non-hydrogen) atoms. The lowest BCUT2D eigenvalue weighted by molar-refractivity contribution is 0.0950. The van der Waals surface area contributed by atoms with E-state index in [0.717, 1.165) is 16.9 Å². The number of carbonyl (C=O) groups excluding carboxylic acids is 1. The molecule has 0 unspecified atom stereocenters. The Labute approximate surface area is 176 Å². The molecule has 0 fully saturated rings. The van der Waals surface area contributed by atoms with Crippen LogP contribution in [0.2, 0.25) is 0 Å². The van der Waals surface area contributed by atoms with Gasteiger partial charge in [0, 0.05) is 23.2 Å². The van der Waals surface area contributed by atoms with Crippen LogP contribution in [0, 0.1) is 0 Å². The highest BCUT2D eigenvalue weighted by Gasteiger charge is 2.13. The summed E-state index contributed by atoms with van der Waals surface area (Å²) < 4.78 is 22.0. The first-order valence-corrected chi connectivity index (χ1v) is 9.49. The third-order valence-electron chi connectivity index (χ3n) is 4.63. The summed E-state index contributed by atoms with van der Waals surface area (Å²) >= 11 is 0. The van der Waals surface area contributed by atoms with Crippen LogP contribution >= 0.6 is 0 Å². The minimum absolute atomic E-state index is 0.192. The number of hydrogen-bond acceptors (Lipinski definition) is 5. The van der Waals surface area contributed by atoms with E-state index in [0.29, 0.717) is 29.4 Å². The lowest BCUT2D eigenvalue weighted by Crippen LogP contribution is -2.23. The Morgan fingerprint density at radius 2 is 1.33 bits per heavy atom. The number of ether oxygens (including phenoxy) is 4. The molecule has 0 heterocycles. The lowest BCUT2D eigenvalue weighted by Gasteiger charge is -2.14. The van der Waals surface area contributed by atoms with E-state index in [2.05, 4.69) is 5.32 Å². The van der Waals surface area contributed by atoms with E-state index in [1.54, 1.807) is 39.5 Å². The van der Waals surface area contributed by atoms with Gasteiger partial charge < -0.3 is 24.3 Å². The normalized spacial score (nSPS) is 10.2. The van der Waals surface area contributed by atoms with Crippen molar-refractivity contribution in [2.45, 2.75) is 13.2 Å². The van der Waals surface area contributed by atoms with Gasteiger partial charge in [0.15, 0.2) is 11.5 Å².